The number of hydrogen-bond acceptors (Lipinski definition) is 1. The molecule has 3 aromatic carbocycles. The molecule has 0 aliphatic carbocycles. The number of benzene rings is 3. The van der Waals surface area contributed by atoms with Crippen LogP contribution in [0.4, 0.5) is 0 Å². The number of hydrogen-bond donors (Lipinski definition) is 0. The van der Waals surface area contributed by atoms with Crippen molar-refractivity contribution in [2.24, 2.45) is 0 Å². The van der Waals surface area contributed by atoms with Crippen LogP contribution < -0.4 is 0 Å². The summed E-state index contributed by atoms with van der Waals surface area (Å²) in [6.45, 7) is 2.11. The first-order chi connectivity index (χ1) is 11.5. The Hall–Kier alpha value is -0.660. The van der Waals surface area contributed by atoms with Gasteiger partial charge in [0.05, 0.1) is 11.6 Å². The topological polar surface area (TPSA) is 23.8 Å². The van der Waals surface area contributed by atoms with Gasteiger partial charge in [-0.3, -0.25) is 0 Å². The van der Waals surface area contributed by atoms with Crippen molar-refractivity contribution < 1.29 is 0 Å². The van der Waals surface area contributed by atoms with E-state index < -0.39 is 0 Å². The van der Waals surface area contributed by atoms with E-state index in [1.165, 1.54) is 35.0 Å². The third kappa shape index (κ3) is 3.78. The molecule has 0 saturated carbocycles. The van der Waals surface area contributed by atoms with Gasteiger partial charge in [0.2, 0.25) is 0 Å². The van der Waals surface area contributed by atoms with Gasteiger partial charge in [0.15, 0.2) is 0 Å². The number of nitriles is 1. The molecular weight excluding hydrogens is 635 g/mol. The molecule has 4 heteroatoms. The molecule has 0 N–H and O–H groups in total. The van der Waals surface area contributed by atoms with Crippen LogP contribution in [0, 0.1) is 29.0 Å². The SMILES string of the molecule is Cc1ccc(-c2c(I)cc(-c3ccc(C#N)cc3I)cc2I)cc1. The van der Waals surface area contributed by atoms with Crippen LogP contribution in [0.15, 0.2) is 54.6 Å². The van der Waals surface area contributed by atoms with E-state index in [9.17, 15) is 0 Å². The largest absolute Gasteiger partial charge is 0.192 e. The minimum absolute atomic E-state index is 0.698. The van der Waals surface area contributed by atoms with Gasteiger partial charge in [-0.2, -0.15) is 5.26 Å². The molecule has 0 heterocycles. The Labute approximate surface area is 182 Å². The molecule has 0 aliphatic rings. The maximum Gasteiger partial charge on any atom is 0.0991 e. The summed E-state index contributed by atoms with van der Waals surface area (Å²) in [7, 11) is 0. The van der Waals surface area contributed by atoms with E-state index >= 15 is 0 Å². The quantitative estimate of drug-likeness (QED) is 0.275. The van der Waals surface area contributed by atoms with Crippen LogP contribution >= 0.6 is 67.8 Å². The third-order valence-corrected chi connectivity index (χ3v) is 6.39. The molecule has 3 aromatic rings. The van der Waals surface area contributed by atoms with E-state index in [0.29, 0.717) is 5.56 Å². The minimum atomic E-state index is 0.698. The molecule has 0 atom stereocenters. The van der Waals surface area contributed by atoms with Crippen molar-refractivity contribution in [2.75, 3.05) is 0 Å². The molecule has 0 radical (unpaired) electrons. The van der Waals surface area contributed by atoms with Crippen LogP contribution in [0.2, 0.25) is 0 Å². The second kappa shape index (κ2) is 7.70. The molecule has 1 nitrogen and oxygen atoms in total. The average molecular weight is 647 g/mol. The van der Waals surface area contributed by atoms with Crippen molar-refractivity contribution in [3.63, 3.8) is 0 Å². The van der Waals surface area contributed by atoms with Gasteiger partial charge >= 0.3 is 0 Å². The zero-order chi connectivity index (χ0) is 17.3. The van der Waals surface area contributed by atoms with Gasteiger partial charge in [0, 0.05) is 16.3 Å². The lowest BCUT2D eigenvalue weighted by Gasteiger charge is -2.13. The number of aryl methyl sites for hydroxylation is 1. The highest BCUT2D eigenvalue weighted by Crippen LogP contribution is 2.36. The molecule has 0 bridgehead atoms. The zero-order valence-electron chi connectivity index (χ0n) is 12.8. The molecule has 0 unspecified atom stereocenters. The summed E-state index contributed by atoms with van der Waals surface area (Å²) >= 11 is 7.14. The lowest BCUT2D eigenvalue weighted by Crippen LogP contribution is -1.92. The van der Waals surface area contributed by atoms with Crippen LogP contribution in [-0.2, 0) is 0 Å². The molecule has 24 heavy (non-hydrogen) atoms. The van der Waals surface area contributed by atoms with Crippen LogP contribution in [0.1, 0.15) is 11.1 Å². The zero-order valence-corrected chi connectivity index (χ0v) is 19.2. The van der Waals surface area contributed by atoms with Gasteiger partial charge in [-0.15, -0.1) is 0 Å². The van der Waals surface area contributed by atoms with Crippen molar-refractivity contribution in [2.45, 2.75) is 6.92 Å². The minimum Gasteiger partial charge on any atom is -0.192 e. The van der Waals surface area contributed by atoms with Gasteiger partial charge in [-0.05, 0) is 116 Å². The highest BCUT2D eigenvalue weighted by atomic mass is 127. The first-order valence-corrected chi connectivity index (χ1v) is 10.5. The fourth-order valence-electron chi connectivity index (χ4n) is 2.54. The van der Waals surface area contributed by atoms with Crippen molar-refractivity contribution in [1.29, 1.82) is 5.26 Å². The number of halogens is 3. The van der Waals surface area contributed by atoms with Gasteiger partial charge in [-0.1, -0.05) is 35.9 Å². The Morgan fingerprint density at radius 2 is 1.38 bits per heavy atom. The Balaban J connectivity index is 2.11. The summed E-state index contributed by atoms with van der Waals surface area (Å²) in [5.74, 6) is 0. The molecule has 118 valence electrons. The highest BCUT2D eigenvalue weighted by molar-refractivity contribution is 14.1. The fourth-order valence-corrected chi connectivity index (χ4v) is 5.76. The molecular formula is C20H12I3N. The number of nitrogens with zero attached hydrogens (tertiary/aromatic N) is 1. The van der Waals surface area contributed by atoms with Gasteiger partial charge in [0.25, 0.3) is 0 Å². The molecule has 0 spiro atoms. The predicted molar refractivity (Wildman–Crippen MR) is 125 cm³/mol. The maximum atomic E-state index is 9.04. The molecule has 0 fully saturated rings. The summed E-state index contributed by atoms with van der Waals surface area (Å²) in [6.07, 6.45) is 0. The van der Waals surface area contributed by atoms with Crippen molar-refractivity contribution in [3.8, 4) is 28.3 Å². The van der Waals surface area contributed by atoms with Crippen LogP contribution in [0.5, 0.6) is 0 Å². The van der Waals surface area contributed by atoms with Crippen molar-refractivity contribution in [1.82, 2.24) is 0 Å². The van der Waals surface area contributed by atoms with Gasteiger partial charge < -0.3 is 0 Å². The van der Waals surface area contributed by atoms with Crippen LogP contribution in [0.25, 0.3) is 22.3 Å². The Morgan fingerprint density at radius 3 is 1.92 bits per heavy atom. The second-order valence-corrected chi connectivity index (χ2v) is 8.97. The normalized spacial score (nSPS) is 10.5. The van der Waals surface area contributed by atoms with E-state index in [2.05, 4.69) is 117 Å². The fraction of sp³-hybridized carbons (Fsp3) is 0.0500. The van der Waals surface area contributed by atoms with Gasteiger partial charge in [-0.25, -0.2) is 0 Å². The molecule has 0 saturated heterocycles. The maximum absolute atomic E-state index is 9.04. The second-order valence-electron chi connectivity index (χ2n) is 5.49. The molecule has 0 aromatic heterocycles. The highest BCUT2D eigenvalue weighted by Gasteiger charge is 2.12. The van der Waals surface area contributed by atoms with Crippen molar-refractivity contribution in [3.05, 3.63) is 76.4 Å². The standard InChI is InChI=1S/C20H12I3N/c1-12-2-5-14(6-3-12)20-18(22)9-15(10-19(20)23)16-7-4-13(11-24)8-17(16)21/h2-10H,1H3. The van der Waals surface area contributed by atoms with E-state index in [1.807, 2.05) is 18.2 Å². The van der Waals surface area contributed by atoms with Gasteiger partial charge in [0.1, 0.15) is 0 Å². The summed E-state index contributed by atoms with van der Waals surface area (Å²) in [5, 5.41) is 9.04. The molecule has 0 aliphatic heterocycles. The number of rotatable bonds is 2. The molecule has 3 rings (SSSR count). The van der Waals surface area contributed by atoms with Crippen LogP contribution in [0.3, 0.4) is 0 Å². The Bertz CT molecular complexity index is 931. The predicted octanol–water partition coefficient (Wildman–Crippen LogP) is 7.01. The van der Waals surface area contributed by atoms with E-state index in [1.54, 1.807) is 0 Å². The van der Waals surface area contributed by atoms with E-state index in [0.717, 1.165) is 3.57 Å². The van der Waals surface area contributed by atoms with Crippen molar-refractivity contribution >= 4 is 67.8 Å². The van der Waals surface area contributed by atoms with E-state index in [-0.39, 0.29) is 0 Å². The summed E-state index contributed by atoms with van der Waals surface area (Å²) in [4.78, 5) is 0. The monoisotopic (exact) mass is 647 g/mol. The lowest BCUT2D eigenvalue weighted by atomic mass is 9.99. The summed E-state index contributed by atoms with van der Waals surface area (Å²) in [5.41, 5.74) is 6.85. The first kappa shape index (κ1) is 18.1. The molecule has 0 amide bonds. The van der Waals surface area contributed by atoms with Crippen LogP contribution in [-0.4, -0.2) is 0 Å². The smallest absolute Gasteiger partial charge is 0.0991 e. The Kier molecular flexibility index (Phi) is 5.82. The Morgan fingerprint density at radius 1 is 0.750 bits per heavy atom. The summed E-state index contributed by atoms with van der Waals surface area (Å²) < 4.78 is 3.57. The average Bonchev–Trinajstić information content (AvgIpc) is 2.55. The van der Waals surface area contributed by atoms with E-state index in [4.69, 9.17) is 5.26 Å². The third-order valence-electron chi connectivity index (χ3n) is 3.79. The summed E-state index contributed by atoms with van der Waals surface area (Å²) in [6, 6.07) is 21.2. The first-order valence-electron chi connectivity index (χ1n) is 7.25. The lowest BCUT2D eigenvalue weighted by molar-refractivity contribution is 1.45.